The molecule has 0 N–H and O–H groups in total. The summed E-state index contributed by atoms with van der Waals surface area (Å²) in [7, 11) is 0. The fourth-order valence-corrected chi connectivity index (χ4v) is 22.3. The molecule has 322 valence electrons. The number of fused-ring (bicyclic) bond motifs is 5. The molecule has 3 heteroatoms. The van der Waals surface area contributed by atoms with E-state index in [4.69, 9.17) is 0 Å². The number of hydrogen-bond acceptors (Lipinski definition) is 0. The van der Waals surface area contributed by atoms with Crippen molar-refractivity contribution >= 4 is 0 Å². The van der Waals surface area contributed by atoms with Crippen LogP contribution in [0.1, 0.15) is 190 Å². The van der Waals surface area contributed by atoms with Crippen LogP contribution in [0.2, 0.25) is 0 Å². The van der Waals surface area contributed by atoms with Crippen LogP contribution in [0, 0.1) is 81.8 Å². The van der Waals surface area contributed by atoms with Gasteiger partial charge in [0, 0.05) is 11.3 Å². The molecule has 0 nitrogen and oxygen atoms in total. The van der Waals surface area contributed by atoms with Crippen LogP contribution in [0.3, 0.4) is 0 Å². The Morgan fingerprint density at radius 1 is 0.508 bits per heavy atom. The van der Waals surface area contributed by atoms with Crippen molar-refractivity contribution in [3.63, 3.8) is 0 Å². The molecular weight excluding hydrogens is 859 g/mol. The van der Waals surface area contributed by atoms with Gasteiger partial charge < -0.3 is 24.8 Å². The first-order valence-electron chi connectivity index (χ1n) is 26.0. The summed E-state index contributed by atoms with van der Waals surface area (Å²) < 4.78 is 0. The van der Waals surface area contributed by atoms with Crippen LogP contribution in [0.4, 0.5) is 0 Å². The summed E-state index contributed by atoms with van der Waals surface area (Å²) in [6.07, 6.45) is 37.6. The second-order valence-corrected chi connectivity index (χ2v) is 26.0. The molecule has 16 aliphatic carbocycles. The fraction of sp³-hybridized carbons (Fsp3) is 0.724. The molecule has 2 aromatic rings. The maximum Gasteiger partial charge on any atom is 2.00 e. The van der Waals surface area contributed by atoms with Crippen LogP contribution in [0.25, 0.3) is 11.1 Å². The van der Waals surface area contributed by atoms with E-state index in [0.717, 1.165) is 65.1 Å². The van der Waals surface area contributed by atoms with Crippen LogP contribution >= 0.6 is 0 Å². The van der Waals surface area contributed by atoms with Crippen LogP contribution in [-0.2, 0) is 37.0 Å². The third kappa shape index (κ3) is 5.57. The maximum absolute atomic E-state index is 3.03. The zero-order chi connectivity index (χ0) is 37.9. The minimum atomic E-state index is 0. The Morgan fingerprint density at radius 2 is 0.902 bits per heavy atom. The summed E-state index contributed by atoms with van der Waals surface area (Å²) in [5.41, 5.74) is 18.0. The predicted molar refractivity (Wildman–Crippen MR) is 236 cm³/mol. The van der Waals surface area contributed by atoms with Crippen LogP contribution in [0.15, 0.2) is 59.2 Å². The average Bonchev–Trinajstić information content (AvgIpc) is 3.85. The van der Waals surface area contributed by atoms with Crippen molar-refractivity contribution in [2.24, 2.45) is 81.8 Å². The van der Waals surface area contributed by atoms with Crippen molar-refractivity contribution in [3.8, 4) is 11.1 Å². The van der Waals surface area contributed by atoms with Crippen LogP contribution < -0.4 is 24.8 Å². The SMILES string of the molecule is CC(C)C1(C2c3ccc(C45CC6CC(CC(C6)C4)C5)cc3-c3cc(C45CC6CC(CC(C6)C4)C5)ccc32)C2=C(CC(C34CC5CC(CC(C5)C3)C4)=C2)C2CCCCC21.[Cl-].[Cl-].[Zr+2]. The smallest absolute Gasteiger partial charge is 1.00 e. The van der Waals surface area contributed by atoms with E-state index in [9.17, 15) is 0 Å². The van der Waals surface area contributed by atoms with Gasteiger partial charge >= 0.3 is 26.2 Å². The Bertz CT molecular complexity index is 2000. The van der Waals surface area contributed by atoms with E-state index in [-0.39, 0.29) is 56.4 Å². The van der Waals surface area contributed by atoms with Crippen molar-refractivity contribution in [2.45, 2.75) is 178 Å². The molecule has 0 heterocycles. The predicted octanol–water partition coefficient (Wildman–Crippen LogP) is 9.05. The zero-order valence-corrected chi connectivity index (χ0v) is 41.5. The molecule has 0 saturated heterocycles. The number of halogens is 2. The molecule has 0 aromatic heterocycles. The summed E-state index contributed by atoms with van der Waals surface area (Å²) in [6, 6.07) is 17.0. The molecule has 13 fully saturated rings. The number of rotatable bonds is 5. The van der Waals surface area contributed by atoms with Gasteiger partial charge in [0.2, 0.25) is 0 Å². The quantitative estimate of drug-likeness (QED) is 0.281. The fourth-order valence-electron chi connectivity index (χ4n) is 22.3. The minimum Gasteiger partial charge on any atom is -1.00 e. The number of allylic oxidation sites excluding steroid dienone is 4. The van der Waals surface area contributed by atoms with Gasteiger partial charge in [-0.25, -0.2) is 0 Å². The molecule has 0 aliphatic heterocycles. The minimum absolute atomic E-state index is 0. The molecule has 12 bridgehead atoms. The molecule has 3 atom stereocenters. The molecule has 16 aliphatic rings. The normalized spacial score (nSPS) is 48.0. The van der Waals surface area contributed by atoms with Gasteiger partial charge in [-0.1, -0.05) is 80.3 Å². The van der Waals surface area contributed by atoms with E-state index >= 15 is 0 Å². The van der Waals surface area contributed by atoms with Gasteiger partial charge in [0.1, 0.15) is 0 Å². The first-order valence-corrected chi connectivity index (χ1v) is 26.0. The molecule has 0 spiro atoms. The van der Waals surface area contributed by atoms with E-state index in [0.29, 0.717) is 28.1 Å². The standard InChI is InChI=1S/C58H72.2ClH.Zr/c1-33(2)58(52-6-4-3-5-46(52)51-22-45(23-53(51)58)57-30-40-17-41(31-57)19-42(18-40)32-57)54-47-9-7-43(55-24-34-11-35(25-55)13-36(12-34)26-55)20-49(47)50-21-44(8-10-48(50)54)56-27-37-14-38(28-56)16-39(15-37)29-56;;;/h7-10,20-21,23,33-42,46,52,54H,3-6,11-19,22,24-32H2,1-2H3;2*1H;/q;;;+2/p-2. The number of benzene rings is 2. The molecule has 0 radical (unpaired) electrons. The van der Waals surface area contributed by atoms with E-state index in [1.54, 1.807) is 52.6 Å². The molecule has 18 rings (SSSR count). The van der Waals surface area contributed by atoms with Crippen LogP contribution in [-0.4, -0.2) is 0 Å². The van der Waals surface area contributed by atoms with Gasteiger partial charge in [-0.2, -0.15) is 0 Å². The van der Waals surface area contributed by atoms with Crippen molar-refractivity contribution in [2.75, 3.05) is 0 Å². The van der Waals surface area contributed by atoms with Crippen molar-refractivity contribution < 1.29 is 51.0 Å². The average molecular weight is 931 g/mol. The van der Waals surface area contributed by atoms with Crippen LogP contribution in [0.5, 0.6) is 0 Å². The van der Waals surface area contributed by atoms with Gasteiger partial charge in [-0.3, -0.25) is 0 Å². The topological polar surface area (TPSA) is 0 Å². The summed E-state index contributed by atoms with van der Waals surface area (Å²) in [6.45, 7) is 5.42. The van der Waals surface area contributed by atoms with Gasteiger partial charge in [-0.15, -0.1) is 0 Å². The third-order valence-electron chi connectivity index (χ3n) is 22.8. The Morgan fingerprint density at radius 3 is 1.31 bits per heavy atom. The monoisotopic (exact) mass is 928 g/mol. The molecule has 3 unspecified atom stereocenters. The Labute approximate surface area is 400 Å². The zero-order valence-electron chi connectivity index (χ0n) is 37.6. The Kier molecular flexibility index (Phi) is 9.73. The number of hydrogen-bond donors (Lipinski definition) is 0. The van der Waals surface area contributed by atoms with Gasteiger partial charge in [0.25, 0.3) is 0 Å². The molecule has 13 saturated carbocycles. The van der Waals surface area contributed by atoms with E-state index in [1.807, 2.05) is 16.7 Å². The third-order valence-corrected chi connectivity index (χ3v) is 22.8. The van der Waals surface area contributed by atoms with E-state index < -0.39 is 0 Å². The largest absolute Gasteiger partial charge is 2.00 e. The molecule has 2 aromatic carbocycles. The Balaban J connectivity index is 0.00000133. The molecular formula is C58H72Cl2Zr. The molecule has 61 heavy (non-hydrogen) atoms. The second-order valence-electron chi connectivity index (χ2n) is 26.0. The maximum atomic E-state index is 3.03. The summed E-state index contributed by atoms with van der Waals surface area (Å²) >= 11 is 0. The van der Waals surface area contributed by atoms with Crippen molar-refractivity contribution in [1.29, 1.82) is 0 Å². The first-order chi connectivity index (χ1) is 28.3. The summed E-state index contributed by atoms with van der Waals surface area (Å²) in [5, 5.41) is 0. The first kappa shape index (κ1) is 41.8. The second kappa shape index (κ2) is 14.2. The summed E-state index contributed by atoms with van der Waals surface area (Å²) in [5.74, 6) is 11.8. The molecule has 0 amide bonds. The van der Waals surface area contributed by atoms with Crippen molar-refractivity contribution in [1.82, 2.24) is 0 Å². The van der Waals surface area contributed by atoms with Gasteiger partial charge in [0.05, 0.1) is 0 Å². The van der Waals surface area contributed by atoms with Gasteiger partial charge in [-0.05, 0) is 261 Å². The Hall–Kier alpha value is -0.617. The van der Waals surface area contributed by atoms with Gasteiger partial charge in [0.15, 0.2) is 0 Å². The summed E-state index contributed by atoms with van der Waals surface area (Å²) in [4.78, 5) is 0. The van der Waals surface area contributed by atoms with E-state index in [2.05, 4.69) is 56.3 Å². The van der Waals surface area contributed by atoms with Crippen molar-refractivity contribution in [3.05, 3.63) is 81.4 Å². The van der Waals surface area contributed by atoms with E-state index in [1.165, 1.54) is 128 Å².